The standard InChI is InChI=1S/C22H22ClN5O/c1-14-21(15(2)28(27-14)20-5-3-4-12-24-20)16-6-9-19(13-16)26-22(29)25-18-10-7-17(23)8-11-18/h3-12,16,19H,13H2,1-2H3,(H2,25,26,29). The summed E-state index contributed by atoms with van der Waals surface area (Å²) in [6.45, 7) is 4.08. The Morgan fingerprint density at radius 2 is 1.93 bits per heavy atom. The van der Waals surface area contributed by atoms with E-state index in [1.807, 2.05) is 35.9 Å². The Labute approximate surface area is 174 Å². The third-order valence-corrected chi connectivity index (χ3v) is 5.34. The van der Waals surface area contributed by atoms with Gasteiger partial charge in [0.05, 0.1) is 5.69 Å². The fourth-order valence-electron chi connectivity index (χ4n) is 3.78. The number of halogens is 1. The molecule has 0 radical (unpaired) electrons. The number of hydrogen-bond donors (Lipinski definition) is 2. The molecule has 29 heavy (non-hydrogen) atoms. The number of nitrogens with one attached hydrogen (secondary N) is 2. The normalized spacial score (nSPS) is 18.0. The van der Waals surface area contributed by atoms with Gasteiger partial charge in [0.25, 0.3) is 0 Å². The maximum absolute atomic E-state index is 12.3. The minimum atomic E-state index is -0.236. The highest BCUT2D eigenvalue weighted by molar-refractivity contribution is 6.30. The number of hydrogen-bond acceptors (Lipinski definition) is 3. The lowest BCUT2D eigenvalue weighted by Gasteiger charge is -2.15. The second-order valence-corrected chi connectivity index (χ2v) is 7.56. The van der Waals surface area contributed by atoms with Crippen LogP contribution in [0.3, 0.4) is 0 Å². The average molecular weight is 408 g/mol. The molecule has 1 aromatic carbocycles. The number of urea groups is 1. The maximum Gasteiger partial charge on any atom is 0.319 e. The minimum absolute atomic E-state index is 0.0377. The highest BCUT2D eigenvalue weighted by atomic mass is 35.5. The predicted octanol–water partition coefficient (Wildman–Crippen LogP) is 4.77. The van der Waals surface area contributed by atoms with E-state index in [4.69, 9.17) is 11.6 Å². The maximum atomic E-state index is 12.3. The van der Waals surface area contributed by atoms with Gasteiger partial charge in [0.15, 0.2) is 5.82 Å². The molecule has 0 spiro atoms. The van der Waals surface area contributed by atoms with Gasteiger partial charge in [0.2, 0.25) is 0 Å². The van der Waals surface area contributed by atoms with Gasteiger partial charge in [-0.15, -0.1) is 0 Å². The highest BCUT2D eigenvalue weighted by Crippen LogP contribution is 2.33. The van der Waals surface area contributed by atoms with Crippen molar-refractivity contribution in [1.29, 1.82) is 0 Å². The van der Waals surface area contributed by atoms with Crippen LogP contribution < -0.4 is 10.6 Å². The lowest BCUT2D eigenvalue weighted by molar-refractivity contribution is 0.250. The molecule has 0 fully saturated rings. The molecule has 3 aromatic rings. The van der Waals surface area contributed by atoms with E-state index in [0.29, 0.717) is 10.7 Å². The number of rotatable bonds is 4. The fraction of sp³-hybridized carbons (Fsp3) is 0.227. The van der Waals surface area contributed by atoms with Crippen molar-refractivity contribution in [2.24, 2.45) is 0 Å². The first kappa shape index (κ1) is 19.2. The van der Waals surface area contributed by atoms with E-state index >= 15 is 0 Å². The predicted molar refractivity (Wildman–Crippen MR) is 115 cm³/mol. The number of nitrogens with zero attached hydrogens (tertiary/aromatic N) is 3. The topological polar surface area (TPSA) is 71.8 Å². The summed E-state index contributed by atoms with van der Waals surface area (Å²) >= 11 is 5.88. The molecule has 0 aliphatic heterocycles. The van der Waals surface area contributed by atoms with Gasteiger partial charge in [0.1, 0.15) is 0 Å². The van der Waals surface area contributed by atoms with Crippen LogP contribution >= 0.6 is 11.6 Å². The Morgan fingerprint density at radius 3 is 2.66 bits per heavy atom. The summed E-state index contributed by atoms with van der Waals surface area (Å²) in [4.78, 5) is 16.7. The summed E-state index contributed by atoms with van der Waals surface area (Å²) in [6.07, 6.45) is 6.75. The summed E-state index contributed by atoms with van der Waals surface area (Å²) < 4.78 is 1.88. The third kappa shape index (κ3) is 4.17. The Kier molecular flexibility index (Phi) is 5.36. The smallest absolute Gasteiger partial charge is 0.319 e. The first-order valence-electron chi connectivity index (χ1n) is 9.50. The molecule has 2 atom stereocenters. The van der Waals surface area contributed by atoms with Gasteiger partial charge in [-0.1, -0.05) is 29.8 Å². The first-order valence-corrected chi connectivity index (χ1v) is 9.88. The van der Waals surface area contributed by atoms with E-state index in [-0.39, 0.29) is 18.0 Å². The Balaban J connectivity index is 1.43. The Bertz CT molecular complexity index is 1040. The number of anilines is 1. The molecule has 2 unspecified atom stereocenters. The quantitative estimate of drug-likeness (QED) is 0.612. The largest absolute Gasteiger partial charge is 0.332 e. The summed E-state index contributed by atoms with van der Waals surface area (Å²) in [7, 11) is 0. The first-order chi connectivity index (χ1) is 14.0. The molecule has 2 N–H and O–H groups in total. The highest BCUT2D eigenvalue weighted by Gasteiger charge is 2.27. The van der Waals surface area contributed by atoms with Crippen LogP contribution in [-0.2, 0) is 0 Å². The zero-order valence-electron chi connectivity index (χ0n) is 16.3. The van der Waals surface area contributed by atoms with Crippen LogP contribution in [0.25, 0.3) is 5.82 Å². The van der Waals surface area contributed by atoms with Crippen molar-refractivity contribution < 1.29 is 4.79 Å². The zero-order chi connectivity index (χ0) is 20.4. The number of allylic oxidation sites excluding steroid dienone is 1. The van der Waals surface area contributed by atoms with Gasteiger partial charge in [-0.3, -0.25) is 0 Å². The molecule has 1 aliphatic carbocycles. The average Bonchev–Trinajstić information content (AvgIpc) is 3.27. The van der Waals surface area contributed by atoms with E-state index in [9.17, 15) is 4.79 Å². The molecule has 4 rings (SSSR count). The van der Waals surface area contributed by atoms with Crippen molar-refractivity contribution in [3.8, 4) is 5.82 Å². The molecule has 0 saturated heterocycles. The van der Waals surface area contributed by atoms with Gasteiger partial charge < -0.3 is 10.6 Å². The van der Waals surface area contributed by atoms with Crippen molar-refractivity contribution in [2.75, 3.05) is 5.32 Å². The van der Waals surface area contributed by atoms with E-state index in [1.165, 1.54) is 5.56 Å². The molecule has 0 saturated carbocycles. The van der Waals surface area contributed by atoms with Crippen molar-refractivity contribution >= 4 is 23.3 Å². The molecule has 148 valence electrons. The number of carbonyl (C=O) groups is 1. The number of aromatic nitrogens is 3. The monoisotopic (exact) mass is 407 g/mol. The van der Waals surface area contributed by atoms with Crippen molar-refractivity contribution in [1.82, 2.24) is 20.1 Å². The molecule has 2 amide bonds. The summed E-state index contributed by atoms with van der Waals surface area (Å²) in [5.74, 6) is 1.01. The van der Waals surface area contributed by atoms with E-state index in [0.717, 1.165) is 23.6 Å². The van der Waals surface area contributed by atoms with Crippen LogP contribution in [0.15, 0.2) is 60.8 Å². The van der Waals surface area contributed by atoms with Gasteiger partial charge in [-0.05, 0) is 56.7 Å². The summed E-state index contributed by atoms with van der Waals surface area (Å²) in [5, 5.41) is 11.2. The number of pyridine rings is 1. The molecule has 6 nitrogen and oxygen atoms in total. The molecule has 2 heterocycles. The molecule has 0 bridgehead atoms. The molecule has 2 aromatic heterocycles. The van der Waals surface area contributed by atoms with Crippen LogP contribution in [-0.4, -0.2) is 26.8 Å². The lowest BCUT2D eigenvalue weighted by atomic mass is 9.96. The molecule has 1 aliphatic rings. The van der Waals surface area contributed by atoms with E-state index in [1.54, 1.807) is 30.5 Å². The number of amides is 2. The number of carbonyl (C=O) groups excluding carboxylic acids is 1. The molecule has 7 heteroatoms. The minimum Gasteiger partial charge on any atom is -0.332 e. The Morgan fingerprint density at radius 1 is 1.14 bits per heavy atom. The number of benzene rings is 1. The molecular weight excluding hydrogens is 386 g/mol. The lowest BCUT2D eigenvalue weighted by Crippen LogP contribution is -2.36. The third-order valence-electron chi connectivity index (χ3n) is 5.09. The molecular formula is C22H22ClN5O. The fourth-order valence-corrected chi connectivity index (χ4v) is 3.91. The van der Waals surface area contributed by atoms with Crippen LogP contribution in [0.4, 0.5) is 10.5 Å². The van der Waals surface area contributed by atoms with Gasteiger partial charge in [-0.2, -0.15) is 5.10 Å². The van der Waals surface area contributed by atoms with Gasteiger partial charge >= 0.3 is 6.03 Å². The van der Waals surface area contributed by atoms with Crippen LogP contribution in [0, 0.1) is 13.8 Å². The van der Waals surface area contributed by atoms with Crippen molar-refractivity contribution in [3.05, 3.63) is 82.8 Å². The van der Waals surface area contributed by atoms with Crippen molar-refractivity contribution in [2.45, 2.75) is 32.2 Å². The summed E-state index contributed by atoms with van der Waals surface area (Å²) in [6, 6.07) is 12.5. The second kappa shape index (κ2) is 8.09. The van der Waals surface area contributed by atoms with Crippen LogP contribution in [0.1, 0.15) is 29.3 Å². The number of aryl methyl sites for hydroxylation is 1. The zero-order valence-corrected chi connectivity index (χ0v) is 17.0. The van der Waals surface area contributed by atoms with Crippen molar-refractivity contribution in [3.63, 3.8) is 0 Å². The summed E-state index contributed by atoms with van der Waals surface area (Å²) in [5.41, 5.74) is 3.94. The van der Waals surface area contributed by atoms with Crippen LogP contribution in [0.2, 0.25) is 5.02 Å². The van der Waals surface area contributed by atoms with Gasteiger partial charge in [-0.25, -0.2) is 14.5 Å². The van der Waals surface area contributed by atoms with E-state index in [2.05, 4.69) is 33.7 Å². The SMILES string of the molecule is Cc1nn(-c2ccccn2)c(C)c1C1C=CC(NC(=O)Nc2ccc(Cl)cc2)C1. The van der Waals surface area contributed by atoms with Gasteiger partial charge in [0, 0.05) is 40.1 Å². The van der Waals surface area contributed by atoms with Crippen LogP contribution in [0.5, 0.6) is 0 Å². The second-order valence-electron chi connectivity index (χ2n) is 7.12. The van der Waals surface area contributed by atoms with E-state index < -0.39 is 0 Å². The Hall–Kier alpha value is -3.12.